The second-order valence-electron chi connectivity index (χ2n) is 4.56. The molecular formula is C12H17N3O2S2. The molecule has 1 atom stereocenters. The lowest BCUT2D eigenvalue weighted by Crippen LogP contribution is -2.28. The zero-order valence-electron chi connectivity index (χ0n) is 10.7. The Morgan fingerprint density at radius 1 is 1.53 bits per heavy atom. The van der Waals surface area contributed by atoms with Crippen LogP contribution in [0, 0.1) is 0 Å². The first kappa shape index (κ1) is 14.4. The van der Waals surface area contributed by atoms with Crippen molar-refractivity contribution >= 4 is 31.4 Å². The number of hydrogen-bond donors (Lipinski definition) is 2. The lowest BCUT2D eigenvalue weighted by molar-refractivity contribution is 0.507. The van der Waals surface area contributed by atoms with Crippen molar-refractivity contribution in [3.8, 4) is 0 Å². The molecule has 0 aromatic carbocycles. The topological polar surface area (TPSA) is 85.1 Å². The van der Waals surface area contributed by atoms with E-state index in [9.17, 15) is 8.42 Å². The molecule has 7 heteroatoms. The Bertz CT molecular complexity index is 652. The van der Waals surface area contributed by atoms with E-state index < -0.39 is 9.84 Å². The van der Waals surface area contributed by atoms with Gasteiger partial charge in [-0.05, 0) is 35.9 Å². The molecule has 0 aliphatic carbocycles. The number of sulfone groups is 1. The summed E-state index contributed by atoms with van der Waals surface area (Å²) in [5.41, 5.74) is 4.70. The molecule has 5 nitrogen and oxygen atoms in total. The predicted molar refractivity (Wildman–Crippen MR) is 78.6 cm³/mol. The number of fused-ring (bicyclic) bond motifs is 1. The third-order valence-electron chi connectivity index (χ3n) is 2.94. The van der Waals surface area contributed by atoms with Gasteiger partial charge in [0, 0.05) is 24.2 Å². The van der Waals surface area contributed by atoms with E-state index in [1.807, 2.05) is 11.4 Å². The van der Waals surface area contributed by atoms with E-state index in [1.165, 1.54) is 6.26 Å². The van der Waals surface area contributed by atoms with Gasteiger partial charge in [0.2, 0.25) is 0 Å². The molecule has 0 saturated carbocycles. The first-order valence-electron chi connectivity index (χ1n) is 5.96. The van der Waals surface area contributed by atoms with Crippen molar-refractivity contribution in [1.29, 1.82) is 0 Å². The summed E-state index contributed by atoms with van der Waals surface area (Å²) in [5, 5.41) is 2.00. The first-order chi connectivity index (χ1) is 8.99. The molecular weight excluding hydrogens is 282 g/mol. The lowest BCUT2D eigenvalue weighted by atomic mass is 10.1. The number of nitrogens with zero attached hydrogens (tertiary/aromatic N) is 1. The van der Waals surface area contributed by atoms with Gasteiger partial charge in [-0.25, -0.2) is 8.42 Å². The molecule has 0 fully saturated rings. The molecule has 2 aromatic rings. The molecule has 0 bridgehead atoms. The largest absolute Gasteiger partial charge is 0.271 e. The van der Waals surface area contributed by atoms with Gasteiger partial charge in [-0.1, -0.05) is 0 Å². The summed E-state index contributed by atoms with van der Waals surface area (Å²) >= 11 is 1.63. The van der Waals surface area contributed by atoms with Crippen molar-refractivity contribution in [2.45, 2.75) is 18.9 Å². The summed E-state index contributed by atoms with van der Waals surface area (Å²) in [6.45, 7) is 0. The zero-order valence-corrected chi connectivity index (χ0v) is 12.3. The molecule has 0 aliphatic heterocycles. The van der Waals surface area contributed by atoms with E-state index in [4.69, 9.17) is 5.84 Å². The van der Waals surface area contributed by atoms with Crippen molar-refractivity contribution in [2.75, 3.05) is 12.0 Å². The van der Waals surface area contributed by atoms with Crippen molar-refractivity contribution in [2.24, 2.45) is 5.84 Å². The van der Waals surface area contributed by atoms with Crippen LogP contribution in [0.25, 0.3) is 10.2 Å². The van der Waals surface area contributed by atoms with Gasteiger partial charge >= 0.3 is 0 Å². The van der Waals surface area contributed by atoms with Crippen LogP contribution in [0.1, 0.15) is 24.4 Å². The summed E-state index contributed by atoms with van der Waals surface area (Å²) in [6, 6.07) is 3.96. The van der Waals surface area contributed by atoms with Gasteiger partial charge < -0.3 is 0 Å². The second kappa shape index (κ2) is 5.96. The van der Waals surface area contributed by atoms with E-state index in [0.29, 0.717) is 12.8 Å². The Morgan fingerprint density at radius 3 is 3.00 bits per heavy atom. The van der Waals surface area contributed by atoms with Crippen LogP contribution in [0.15, 0.2) is 23.7 Å². The Kier molecular flexibility index (Phi) is 4.51. The maximum atomic E-state index is 11.1. The van der Waals surface area contributed by atoms with Crippen LogP contribution in [0.3, 0.4) is 0 Å². The average Bonchev–Trinajstić information content (AvgIpc) is 2.80. The van der Waals surface area contributed by atoms with Crippen molar-refractivity contribution in [3.63, 3.8) is 0 Å². The van der Waals surface area contributed by atoms with Gasteiger partial charge in [-0.3, -0.25) is 16.3 Å². The molecule has 0 aliphatic rings. The highest BCUT2D eigenvalue weighted by molar-refractivity contribution is 7.90. The van der Waals surface area contributed by atoms with Crippen LogP contribution >= 0.6 is 11.3 Å². The zero-order chi connectivity index (χ0) is 13.9. The van der Waals surface area contributed by atoms with E-state index >= 15 is 0 Å². The van der Waals surface area contributed by atoms with Gasteiger partial charge in [0.05, 0.1) is 10.2 Å². The predicted octanol–water partition coefficient (Wildman–Crippen LogP) is 1.63. The third kappa shape index (κ3) is 3.97. The number of rotatable bonds is 6. The minimum absolute atomic E-state index is 0.0688. The van der Waals surface area contributed by atoms with Crippen molar-refractivity contribution in [1.82, 2.24) is 10.4 Å². The summed E-state index contributed by atoms with van der Waals surface area (Å²) in [6.07, 6.45) is 4.29. The number of nitrogens with one attached hydrogen (secondary N) is 1. The maximum absolute atomic E-state index is 11.1. The first-order valence-corrected chi connectivity index (χ1v) is 8.90. The molecule has 1 unspecified atom stereocenters. The number of pyridine rings is 1. The highest BCUT2D eigenvalue weighted by Gasteiger charge is 2.12. The number of hydrazine groups is 1. The molecule has 2 rings (SSSR count). The Labute approximate surface area is 116 Å². The molecule has 2 aromatic heterocycles. The van der Waals surface area contributed by atoms with Crippen LogP contribution in [0.4, 0.5) is 0 Å². The van der Waals surface area contributed by atoms with Crippen molar-refractivity contribution < 1.29 is 8.42 Å². The normalized spacial score (nSPS) is 13.8. The monoisotopic (exact) mass is 299 g/mol. The summed E-state index contributed by atoms with van der Waals surface area (Å²) in [7, 11) is -2.92. The number of thiophene rings is 1. The molecule has 2 heterocycles. The van der Waals surface area contributed by atoms with E-state index in [-0.39, 0.29) is 11.8 Å². The fraction of sp³-hybridized carbons (Fsp3) is 0.417. The molecule has 0 radical (unpaired) electrons. The van der Waals surface area contributed by atoms with Crippen LogP contribution in [-0.2, 0) is 9.84 Å². The maximum Gasteiger partial charge on any atom is 0.147 e. The van der Waals surface area contributed by atoms with Crippen LogP contribution in [0.2, 0.25) is 0 Å². The highest BCUT2D eigenvalue weighted by Crippen LogP contribution is 2.24. The Hall–Kier alpha value is -1.02. The fourth-order valence-electron chi connectivity index (χ4n) is 1.95. The second-order valence-corrected chi connectivity index (χ2v) is 7.77. The lowest BCUT2D eigenvalue weighted by Gasteiger charge is -2.15. The van der Waals surface area contributed by atoms with Gasteiger partial charge in [0.15, 0.2) is 0 Å². The summed E-state index contributed by atoms with van der Waals surface area (Å²) in [5.74, 6) is 5.73. The van der Waals surface area contributed by atoms with E-state index in [2.05, 4.69) is 16.5 Å². The molecule has 19 heavy (non-hydrogen) atoms. The SMILES string of the molecule is CS(=O)(=O)CCCC(NN)c1cnc2ccsc2c1. The molecule has 0 amide bonds. The number of nitrogens with two attached hydrogens (primary N) is 1. The summed E-state index contributed by atoms with van der Waals surface area (Å²) in [4.78, 5) is 4.36. The number of aromatic nitrogens is 1. The van der Waals surface area contributed by atoms with Crippen LogP contribution < -0.4 is 11.3 Å². The van der Waals surface area contributed by atoms with E-state index in [1.54, 1.807) is 17.5 Å². The standard InChI is InChI=1S/C12H17N3O2S2/c1-19(16,17)6-2-3-10(15-13)9-7-12-11(14-8-9)4-5-18-12/h4-5,7-8,10,15H,2-3,6,13H2,1H3. The average molecular weight is 299 g/mol. The molecule has 0 saturated heterocycles. The summed E-state index contributed by atoms with van der Waals surface area (Å²) < 4.78 is 23.3. The van der Waals surface area contributed by atoms with Crippen LogP contribution in [-0.4, -0.2) is 25.4 Å². The minimum Gasteiger partial charge on any atom is -0.271 e. The van der Waals surface area contributed by atoms with Gasteiger partial charge in [0.1, 0.15) is 9.84 Å². The van der Waals surface area contributed by atoms with Crippen molar-refractivity contribution in [3.05, 3.63) is 29.3 Å². The van der Waals surface area contributed by atoms with Gasteiger partial charge in [-0.15, -0.1) is 11.3 Å². The molecule has 104 valence electrons. The van der Waals surface area contributed by atoms with Gasteiger partial charge in [0.25, 0.3) is 0 Å². The minimum atomic E-state index is -2.92. The van der Waals surface area contributed by atoms with E-state index in [0.717, 1.165) is 15.8 Å². The number of hydrogen-bond acceptors (Lipinski definition) is 6. The van der Waals surface area contributed by atoms with Crippen LogP contribution in [0.5, 0.6) is 0 Å². The third-order valence-corrected chi connectivity index (χ3v) is 4.82. The Morgan fingerprint density at radius 2 is 2.32 bits per heavy atom. The molecule has 0 spiro atoms. The quantitative estimate of drug-likeness (QED) is 0.625. The Balaban J connectivity index is 2.08. The molecule has 3 N–H and O–H groups in total. The van der Waals surface area contributed by atoms with Gasteiger partial charge in [-0.2, -0.15) is 0 Å². The fourth-order valence-corrected chi connectivity index (χ4v) is 3.43. The highest BCUT2D eigenvalue weighted by atomic mass is 32.2. The smallest absolute Gasteiger partial charge is 0.147 e.